The number of hydrogen-bond donors (Lipinski definition) is 0. The third kappa shape index (κ3) is 3.50. The average Bonchev–Trinajstić information content (AvgIpc) is 3.33. The summed E-state index contributed by atoms with van der Waals surface area (Å²) in [6.07, 6.45) is 2.14. The van der Waals surface area contributed by atoms with Crippen molar-refractivity contribution in [1.29, 1.82) is 0 Å². The van der Waals surface area contributed by atoms with Crippen molar-refractivity contribution in [3.8, 4) is 0 Å². The van der Waals surface area contributed by atoms with E-state index in [0.717, 1.165) is 18.4 Å². The molecule has 1 saturated carbocycles. The van der Waals surface area contributed by atoms with E-state index in [1.807, 2.05) is 0 Å². The van der Waals surface area contributed by atoms with Crippen LogP contribution in [0.25, 0.3) is 0 Å². The lowest BCUT2D eigenvalue weighted by Crippen LogP contribution is -2.34. The largest absolute Gasteiger partial charge is 0.335 e. The second-order valence-corrected chi connectivity index (χ2v) is 5.65. The summed E-state index contributed by atoms with van der Waals surface area (Å²) in [5, 5.41) is 0. The van der Waals surface area contributed by atoms with Crippen molar-refractivity contribution in [2.75, 3.05) is 0 Å². The fourth-order valence-corrected chi connectivity index (χ4v) is 2.50. The van der Waals surface area contributed by atoms with Gasteiger partial charge < -0.3 is 4.90 Å². The summed E-state index contributed by atoms with van der Waals surface area (Å²) in [4.78, 5) is 14.2. The molecule has 2 aromatic rings. The van der Waals surface area contributed by atoms with Gasteiger partial charge in [-0.25, -0.2) is 8.78 Å². The second kappa shape index (κ2) is 6.26. The number of halogens is 2. The minimum absolute atomic E-state index is 0.0441. The van der Waals surface area contributed by atoms with E-state index in [2.05, 4.69) is 0 Å². The zero-order valence-corrected chi connectivity index (χ0v) is 12.1. The Hall–Kier alpha value is -2.23. The summed E-state index contributed by atoms with van der Waals surface area (Å²) in [7, 11) is 0. The van der Waals surface area contributed by atoms with Gasteiger partial charge in [0.05, 0.1) is 6.42 Å². The SMILES string of the molecule is O=C(Cc1ccc(F)cc1)N(Cc1ccccc1F)C1CC1. The molecular weight excluding hydrogens is 284 g/mol. The normalized spacial score (nSPS) is 13.9. The fourth-order valence-electron chi connectivity index (χ4n) is 2.50. The van der Waals surface area contributed by atoms with Crippen LogP contribution in [0.2, 0.25) is 0 Å². The lowest BCUT2D eigenvalue weighted by molar-refractivity contribution is -0.131. The number of hydrogen-bond acceptors (Lipinski definition) is 1. The smallest absolute Gasteiger partial charge is 0.227 e. The van der Waals surface area contributed by atoms with E-state index in [4.69, 9.17) is 0 Å². The van der Waals surface area contributed by atoms with Gasteiger partial charge in [-0.2, -0.15) is 0 Å². The van der Waals surface area contributed by atoms with E-state index in [9.17, 15) is 13.6 Å². The second-order valence-electron chi connectivity index (χ2n) is 5.65. The van der Waals surface area contributed by atoms with Gasteiger partial charge in [0.2, 0.25) is 5.91 Å². The fraction of sp³-hybridized carbons (Fsp3) is 0.278. The number of amides is 1. The van der Waals surface area contributed by atoms with Crippen LogP contribution < -0.4 is 0 Å². The first-order valence-corrected chi connectivity index (χ1v) is 7.41. The molecule has 114 valence electrons. The van der Waals surface area contributed by atoms with Gasteiger partial charge >= 0.3 is 0 Å². The molecule has 0 heterocycles. The Bertz CT molecular complexity index is 665. The van der Waals surface area contributed by atoms with Crippen molar-refractivity contribution in [2.24, 2.45) is 0 Å². The lowest BCUT2D eigenvalue weighted by atomic mass is 10.1. The zero-order valence-electron chi connectivity index (χ0n) is 12.1. The molecule has 1 fully saturated rings. The molecule has 0 N–H and O–H groups in total. The highest BCUT2D eigenvalue weighted by atomic mass is 19.1. The molecule has 0 unspecified atom stereocenters. The van der Waals surface area contributed by atoms with Gasteiger partial charge in [-0.1, -0.05) is 30.3 Å². The van der Waals surface area contributed by atoms with Crippen LogP contribution in [-0.4, -0.2) is 16.8 Å². The standard InChI is InChI=1S/C18H17F2NO/c19-15-7-5-13(6-8-15)11-18(22)21(16-9-10-16)12-14-3-1-2-4-17(14)20/h1-8,16H,9-12H2. The molecule has 0 aromatic heterocycles. The molecule has 0 bridgehead atoms. The van der Waals surface area contributed by atoms with Crippen LogP contribution in [0.4, 0.5) is 8.78 Å². The van der Waals surface area contributed by atoms with Crippen molar-refractivity contribution in [3.05, 3.63) is 71.3 Å². The first kappa shape index (κ1) is 14.7. The van der Waals surface area contributed by atoms with Crippen molar-refractivity contribution in [2.45, 2.75) is 31.8 Å². The Morgan fingerprint density at radius 2 is 1.73 bits per heavy atom. The maximum Gasteiger partial charge on any atom is 0.227 e. The number of carbonyl (C=O) groups is 1. The summed E-state index contributed by atoms with van der Waals surface area (Å²) < 4.78 is 26.7. The third-order valence-corrected chi connectivity index (χ3v) is 3.88. The van der Waals surface area contributed by atoms with Gasteiger partial charge in [-0.05, 0) is 36.6 Å². The first-order chi connectivity index (χ1) is 10.6. The summed E-state index contributed by atoms with van der Waals surface area (Å²) in [6.45, 7) is 0.289. The molecule has 0 atom stereocenters. The number of nitrogens with zero attached hydrogens (tertiary/aromatic N) is 1. The average molecular weight is 301 g/mol. The third-order valence-electron chi connectivity index (χ3n) is 3.88. The van der Waals surface area contributed by atoms with Gasteiger partial charge in [0, 0.05) is 18.2 Å². The number of rotatable bonds is 5. The summed E-state index contributed by atoms with van der Waals surface area (Å²) in [5.41, 5.74) is 1.30. The molecule has 1 aliphatic rings. The van der Waals surface area contributed by atoms with Crippen LogP contribution in [0.1, 0.15) is 24.0 Å². The van der Waals surface area contributed by atoms with E-state index in [1.54, 1.807) is 35.2 Å². The Labute approximate surface area is 128 Å². The summed E-state index contributed by atoms with van der Waals surface area (Å²) in [5.74, 6) is -0.651. The van der Waals surface area contributed by atoms with Crippen LogP contribution in [0.5, 0.6) is 0 Å². The van der Waals surface area contributed by atoms with Crippen LogP contribution in [0, 0.1) is 11.6 Å². The molecule has 4 heteroatoms. The van der Waals surface area contributed by atoms with Crippen LogP contribution >= 0.6 is 0 Å². The van der Waals surface area contributed by atoms with Gasteiger partial charge in [-0.3, -0.25) is 4.79 Å². The van der Waals surface area contributed by atoms with Gasteiger partial charge in [-0.15, -0.1) is 0 Å². The maximum atomic E-state index is 13.8. The van der Waals surface area contributed by atoms with Crippen molar-refractivity contribution >= 4 is 5.91 Å². The Morgan fingerprint density at radius 3 is 2.36 bits per heavy atom. The van der Waals surface area contributed by atoms with E-state index >= 15 is 0 Å². The maximum absolute atomic E-state index is 13.8. The first-order valence-electron chi connectivity index (χ1n) is 7.41. The van der Waals surface area contributed by atoms with E-state index in [-0.39, 0.29) is 36.5 Å². The highest BCUT2D eigenvalue weighted by Gasteiger charge is 2.32. The topological polar surface area (TPSA) is 20.3 Å². The van der Waals surface area contributed by atoms with Crippen molar-refractivity contribution in [1.82, 2.24) is 4.90 Å². The predicted molar refractivity (Wildman–Crippen MR) is 80.1 cm³/mol. The monoisotopic (exact) mass is 301 g/mol. The minimum atomic E-state index is -0.318. The molecule has 0 radical (unpaired) electrons. The quantitative estimate of drug-likeness (QED) is 0.824. The molecule has 0 saturated heterocycles. The molecule has 22 heavy (non-hydrogen) atoms. The molecule has 1 aliphatic carbocycles. The lowest BCUT2D eigenvalue weighted by Gasteiger charge is -2.23. The van der Waals surface area contributed by atoms with Crippen LogP contribution in [-0.2, 0) is 17.8 Å². The van der Waals surface area contributed by atoms with E-state index in [1.165, 1.54) is 18.2 Å². The number of benzene rings is 2. The highest BCUT2D eigenvalue weighted by molar-refractivity contribution is 5.79. The van der Waals surface area contributed by atoms with E-state index < -0.39 is 0 Å². The van der Waals surface area contributed by atoms with Crippen LogP contribution in [0.3, 0.4) is 0 Å². The van der Waals surface area contributed by atoms with Gasteiger partial charge in [0.15, 0.2) is 0 Å². The number of carbonyl (C=O) groups excluding carboxylic acids is 1. The molecule has 3 rings (SSSR count). The molecule has 0 aliphatic heterocycles. The van der Waals surface area contributed by atoms with E-state index in [0.29, 0.717) is 5.56 Å². The highest BCUT2D eigenvalue weighted by Crippen LogP contribution is 2.29. The van der Waals surface area contributed by atoms with Crippen molar-refractivity contribution < 1.29 is 13.6 Å². The molecular formula is C18H17F2NO. The summed E-state index contributed by atoms with van der Waals surface area (Å²) >= 11 is 0. The molecule has 0 spiro atoms. The van der Waals surface area contributed by atoms with Gasteiger partial charge in [0.25, 0.3) is 0 Å². The molecule has 2 nitrogen and oxygen atoms in total. The minimum Gasteiger partial charge on any atom is -0.335 e. The molecule has 1 amide bonds. The van der Waals surface area contributed by atoms with Crippen LogP contribution in [0.15, 0.2) is 48.5 Å². The molecule has 2 aromatic carbocycles. The Morgan fingerprint density at radius 1 is 1.05 bits per heavy atom. The Balaban J connectivity index is 1.72. The van der Waals surface area contributed by atoms with Gasteiger partial charge in [0.1, 0.15) is 11.6 Å². The van der Waals surface area contributed by atoms with Crippen molar-refractivity contribution in [3.63, 3.8) is 0 Å². The predicted octanol–water partition coefficient (Wildman–Crippen LogP) is 3.70. The Kier molecular flexibility index (Phi) is 4.18. The zero-order chi connectivity index (χ0) is 15.5. The summed E-state index contributed by atoms with van der Waals surface area (Å²) in [6, 6.07) is 12.6.